The van der Waals surface area contributed by atoms with Crippen LogP contribution in [0.15, 0.2) is 23.1 Å². The largest absolute Gasteiger partial charge is 0.314 e. The number of thioether (sulfide) groups is 1. The van der Waals surface area contributed by atoms with E-state index in [9.17, 15) is 0 Å². The SMILES string of the molecule is CNC(C)C(F)(c1ccc2c(c1)CCS2)C(Cl)Cl. The van der Waals surface area contributed by atoms with Crippen LogP contribution in [0.4, 0.5) is 4.39 Å². The van der Waals surface area contributed by atoms with Crippen molar-refractivity contribution in [2.45, 2.75) is 34.8 Å². The monoisotopic (exact) mass is 307 g/mol. The van der Waals surface area contributed by atoms with Crippen molar-refractivity contribution in [1.82, 2.24) is 5.32 Å². The molecule has 1 aliphatic rings. The molecule has 5 heteroatoms. The first kappa shape index (κ1) is 14.4. The predicted molar refractivity (Wildman–Crippen MR) is 77.7 cm³/mol. The number of rotatable bonds is 4. The minimum absolute atomic E-state index is 0.454. The second kappa shape index (κ2) is 5.58. The van der Waals surface area contributed by atoms with Gasteiger partial charge < -0.3 is 5.32 Å². The van der Waals surface area contributed by atoms with Gasteiger partial charge >= 0.3 is 0 Å². The summed E-state index contributed by atoms with van der Waals surface area (Å²) in [6.07, 6.45) is 0.979. The van der Waals surface area contributed by atoms with Gasteiger partial charge in [-0.2, -0.15) is 0 Å². The van der Waals surface area contributed by atoms with E-state index in [1.807, 2.05) is 12.1 Å². The van der Waals surface area contributed by atoms with Gasteiger partial charge in [0.05, 0.1) is 0 Å². The van der Waals surface area contributed by atoms with E-state index in [0.29, 0.717) is 5.56 Å². The summed E-state index contributed by atoms with van der Waals surface area (Å²) in [6.45, 7) is 1.75. The summed E-state index contributed by atoms with van der Waals surface area (Å²) in [4.78, 5) is 0.131. The first-order valence-corrected chi connectivity index (χ1v) is 7.76. The number of hydrogen-bond acceptors (Lipinski definition) is 2. The minimum atomic E-state index is -1.78. The quantitative estimate of drug-likeness (QED) is 0.846. The minimum Gasteiger partial charge on any atom is -0.314 e. The standard InChI is InChI=1S/C13H16Cl2FNS/c1-8(17-2)13(16,12(14)15)10-3-4-11-9(7-10)5-6-18-11/h3-4,7-8,12,17H,5-6H2,1-2H3. The van der Waals surface area contributed by atoms with Gasteiger partial charge in [0, 0.05) is 16.7 Å². The Morgan fingerprint density at radius 3 is 2.78 bits per heavy atom. The fourth-order valence-electron chi connectivity index (χ4n) is 2.20. The molecule has 0 aromatic heterocycles. The maximum Gasteiger partial charge on any atom is 0.180 e. The third kappa shape index (κ3) is 2.38. The third-order valence-corrected chi connectivity index (χ3v) is 5.27. The summed E-state index contributed by atoms with van der Waals surface area (Å²) in [6, 6.07) is 5.21. The van der Waals surface area contributed by atoms with Crippen molar-refractivity contribution in [2.75, 3.05) is 12.8 Å². The smallest absolute Gasteiger partial charge is 0.180 e. The second-order valence-electron chi connectivity index (χ2n) is 4.50. The fraction of sp³-hybridized carbons (Fsp3) is 0.538. The van der Waals surface area contributed by atoms with E-state index >= 15 is 4.39 Å². The van der Waals surface area contributed by atoms with Crippen LogP contribution in [0.25, 0.3) is 0 Å². The number of aryl methyl sites for hydroxylation is 1. The molecule has 0 aliphatic carbocycles. The predicted octanol–water partition coefficient (Wildman–Crippen LogP) is 3.91. The maximum absolute atomic E-state index is 15.2. The highest BCUT2D eigenvalue weighted by atomic mass is 35.5. The first-order valence-electron chi connectivity index (χ1n) is 5.90. The number of likely N-dealkylation sites (N-methyl/N-ethyl adjacent to an activating group) is 1. The molecular weight excluding hydrogens is 292 g/mol. The molecule has 2 atom stereocenters. The zero-order valence-corrected chi connectivity index (χ0v) is 12.7. The third-order valence-electron chi connectivity index (χ3n) is 3.51. The van der Waals surface area contributed by atoms with E-state index in [0.717, 1.165) is 12.2 Å². The summed E-state index contributed by atoms with van der Waals surface area (Å²) < 4.78 is 15.2. The molecule has 0 spiro atoms. The maximum atomic E-state index is 15.2. The molecule has 1 aliphatic heterocycles. The van der Waals surface area contributed by atoms with Crippen molar-refractivity contribution in [3.05, 3.63) is 29.3 Å². The average molecular weight is 308 g/mol. The summed E-state index contributed by atoms with van der Waals surface area (Å²) in [5, 5.41) is 2.90. The molecule has 2 unspecified atom stereocenters. The molecule has 1 heterocycles. The number of nitrogens with one attached hydrogen (secondary N) is 1. The van der Waals surface area contributed by atoms with Crippen LogP contribution in [0.3, 0.4) is 0 Å². The summed E-state index contributed by atoms with van der Waals surface area (Å²) in [5.74, 6) is 1.06. The topological polar surface area (TPSA) is 12.0 Å². The van der Waals surface area contributed by atoms with Crippen molar-refractivity contribution in [3.8, 4) is 0 Å². The lowest BCUT2D eigenvalue weighted by molar-refractivity contribution is 0.132. The Bertz CT molecular complexity index is 441. The number of halogens is 3. The van der Waals surface area contributed by atoms with Gasteiger partial charge in [-0.25, -0.2) is 4.39 Å². The van der Waals surface area contributed by atoms with Gasteiger partial charge in [-0.3, -0.25) is 0 Å². The van der Waals surface area contributed by atoms with Gasteiger partial charge in [0.15, 0.2) is 5.67 Å². The molecular formula is C13H16Cl2FNS. The molecule has 0 bridgehead atoms. The van der Waals surface area contributed by atoms with Gasteiger partial charge in [-0.05, 0) is 37.6 Å². The van der Waals surface area contributed by atoms with Gasteiger partial charge in [-0.1, -0.05) is 12.1 Å². The normalized spacial score (nSPS) is 19.7. The second-order valence-corrected chi connectivity index (χ2v) is 6.73. The molecule has 1 aromatic carbocycles. The van der Waals surface area contributed by atoms with E-state index < -0.39 is 16.5 Å². The average Bonchev–Trinajstić information content (AvgIpc) is 2.83. The Morgan fingerprint density at radius 1 is 1.44 bits per heavy atom. The number of alkyl halides is 3. The lowest BCUT2D eigenvalue weighted by Crippen LogP contribution is -2.46. The highest BCUT2D eigenvalue weighted by molar-refractivity contribution is 7.99. The lowest BCUT2D eigenvalue weighted by atomic mass is 9.89. The van der Waals surface area contributed by atoms with E-state index in [1.165, 1.54) is 10.5 Å². The molecule has 1 aromatic rings. The van der Waals surface area contributed by atoms with Crippen LogP contribution in [-0.2, 0) is 12.1 Å². The van der Waals surface area contributed by atoms with Crippen LogP contribution < -0.4 is 5.32 Å². The van der Waals surface area contributed by atoms with E-state index in [-0.39, 0.29) is 0 Å². The Balaban J connectivity index is 2.43. The van der Waals surface area contributed by atoms with Gasteiger partial charge in [0.2, 0.25) is 0 Å². The molecule has 0 saturated carbocycles. The molecule has 18 heavy (non-hydrogen) atoms. The van der Waals surface area contributed by atoms with Crippen molar-refractivity contribution in [1.29, 1.82) is 0 Å². The number of benzene rings is 1. The zero-order chi connectivity index (χ0) is 13.3. The Morgan fingerprint density at radius 2 is 2.17 bits per heavy atom. The molecule has 0 saturated heterocycles. The molecule has 0 amide bonds. The molecule has 2 rings (SSSR count). The number of fused-ring (bicyclic) bond motifs is 1. The molecule has 1 N–H and O–H groups in total. The van der Waals surface area contributed by atoms with Crippen LogP contribution in [-0.4, -0.2) is 23.7 Å². The van der Waals surface area contributed by atoms with E-state index in [1.54, 1.807) is 31.8 Å². The van der Waals surface area contributed by atoms with Gasteiger partial charge in [0.1, 0.15) is 4.84 Å². The van der Waals surface area contributed by atoms with E-state index in [2.05, 4.69) is 5.32 Å². The zero-order valence-electron chi connectivity index (χ0n) is 10.3. The Labute approximate surface area is 121 Å². The molecule has 100 valence electrons. The van der Waals surface area contributed by atoms with Crippen LogP contribution in [0.2, 0.25) is 0 Å². The van der Waals surface area contributed by atoms with Crippen LogP contribution >= 0.6 is 35.0 Å². The summed E-state index contributed by atoms with van der Waals surface area (Å²) in [7, 11) is 1.71. The van der Waals surface area contributed by atoms with Gasteiger partial charge in [-0.15, -0.1) is 35.0 Å². The van der Waals surface area contributed by atoms with Crippen molar-refractivity contribution < 1.29 is 4.39 Å². The van der Waals surface area contributed by atoms with Crippen molar-refractivity contribution >= 4 is 35.0 Å². The highest BCUT2D eigenvalue weighted by Crippen LogP contribution is 2.41. The van der Waals surface area contributed by atoms with Crippen molar-refractivity contribution in [3.63, 3.8) is 0 Å². The van der Waals surface area contributed by atoms with Crippen LogP contribution in [0.1, 0.15) is 18.1 Å². The van der Waals surface area contributed by atoms with Gasteiger partial charge in [0.25, 0.3) is 0 Å². The van der Waals surface area contributed by atoms with Crippen LogP contribution in [0, 0.1) is 0 Å². The Hall–Kier alpha value is 0.0400. The summed E-state index contributed by atoms with van der Waals surface area (Å²) >= 11 is 13.6. The number of hydrogen-bond donors (Lipinski definition) is 1. The summed E-state index contributed by atoms with van der Waals surface area (Å²) in [5.41, 5.74) is -0.0300. The fourth-order valence-corrected chi connectivity index (χ4v) is 3.88. The van der Waals surface area contributed by atoms with Crippen molar-refractivity contribution in [2.24, 2.45) is 0 Å². The van der Waals surface area contributed by atoms with E-state index in [4.69, 9.17) is 23.2 Å². The lowest BCUT2D eigenvalue weighted by Gasteiger charge is -2.33. The molecule has 0 fully saturated rings. The van der Waals surface area contributed by atoms with Crippen LogP contribution in [0.5, 0.6) is 0 Å². The molecule has 1 nitrogen and oxygen atoms in total. The molecule has 0 radical (unpaired) electrons. The highest BCUT2D eigenvalue weighted by Gasteiger charge is 2.44. The first-order chi connectivity index (χ1) is 8.50. The Kier molecular flexibility index (Phi) is 4.48.